The third-order valence-electron chi connectivity index (χ3n) is 4.57. The zero-order valence-corrected chi connectivity index (χ0v) is 17.5. The fourth-order valence-corrected chi connectivity index (χ4v) is 3.57. The second kappa shape index (κ2) is 7.92. The molecular weight excluding hydrogens is 394 g/mol. The number of para-hydroxylation sites is 1. The number of nitrogens with one attached hydrogen (secondary N) is 1. The third-order valence-corrected chi connectivity index (χ3v) is 5.14. The van der Waals surface area contributed by atoms with Crippen molar-refractivity contribution >= 4 is 37.8 Å². The number of carbonyl (C=O) groups excluding carboxylic acids is 1. The van der Waals surface area contributed by atoms with E-state index in [0.29, 0.717) is 17.4 Å². The highest BCUT2D eigenvalue weighted by atomic mass is 32.2. The van der Waals surface area contributed by atoms with Gasteiger partial charge in [0, 0.05) is 18.1 Å². The van der Waals surface area contributed by atoms with E-state index >= 15 is 0 Å². The molecule has 1 N–H and O–H groups in total. The number of hydrogen-bond donors (Lipinski definition) is 1. The van der Waals surface area contributed by atoms with E-state index in [4.69, 9.17) is 4.18 Å². The number of hydrogen-bond acceptors (Lipinski definition) is 6. The minimum Gasteiger partial charge on any atom is -0.347 e. The first-order valence-electron chi connectivity index (χ1n) is 9.19. The van der Waals surface area contributed by atoms with Crippen molar-refractivity contribution in [3.05, 3.63) is 51.9 Å². The number of aryl methyl sites for hydroxylation is 2. The Bertz CT molecular complexity index is 1260. The molecule has 0 bridgehead atoms. The van der Waals surface area contributed by atoms with Gasteiger partial charge in [0.2, 0.25) is 0 Å². The number of aromatic nitrogens is 2. The smallest absolute Gasteiger partial charge is 0.264 e. The number of pyridine rings is 2. The van der Waals surface area contributed by atoms with Crippen molar-refractivity contribution in [1.82, 2.24) is 14.9 Å². The van der Waals surface area contributed by atoms with Crippen LogP contribution in [0.3, 0.4) is 0 Å². The van der Waals surface area contributed by atoms with Gasteiger partial charge < -0.3 is 9.88 Å². The van der Waals surface area contributed by atoms with Crippen LogP contribution in [0, 0.1) is 6.92 Å². The van der Waals surface area contributed by atoms with Gasteiger partial charge in [0.1, 0.15) is 0 Å². The first kappa shape index (κ1) is 20.9. The molecule has 0 spiro atoms. The quantitative estimate of drug-likeness (QED) is 0.485. The molecule has 3 rings (SSSR count). The summed E-state index contributed by atoms with van der Waals surface area (Å²) < 4.78 is 28.5. The fraction of sp³-hybridized carbons (Fsp3) is 0.350. The number of nitrogens with zero attached hydrogens (tertiary/aromatic N) is 2. The summed E-state index contributed by atoms with van der Waals surface area (Å²) in [6, 6.07) is 6.88. The van der Waals surface area contributed by atoms with Gasteiger partial charge in [0.15, 0.2) is 0 Å². The van der Waals surface area contributed by atoms with Gasteiger partial charge in [0.25, 0.3) is 21.6 Å². The maximum absolute atomic E-state index is 12.9. The van der Waals surface area contributed by atoms with E-state index in [1.165, 1.54) is 10.8 Å². The van der Waals surface area contributed by atoms with Gasteiger partial charge >= 0.3 is 0 Å². The average Bonchev–Trinajstić information content (AvgIpc) is 2.65. The van der Waals surface area contributed by atoms with Crippen LogP contribution in [0.4, 0.5) is 0 Å². The van der Waals surface area contributed by atoms with E-state index in [1.807, 2.05) is 32.0 Å². The standard InChI is InChI=1S/C20H23N3O5S/c1-5-23-10-16(19(24)21-13(3)11-28-29(4,26)27)18-15(20(23)25)9-14-8-6-7-12(2)17(14)22-18/h6-10,13H,5,11H2,1-4H3,(H,21,24). The molecule has 154 valence electrons. The molecule has 1 atom stereocenters. The molecule has 0 saturated heterocycles. The van der Waals surface area contributed by atoms with Crippen molar-refractivity contribution < 1.29 is 17.4 Å². The highest BCUT2D eigenvalue weighted by Crippen LogP contribution is 2.22. The predicted molar refractivity (Wildman–Crippen MR) is 112 cm³/mol. The number of benzene rings is 1. The van der Waals surface area contributed by atoms with Gasteiger partial charge in [-0.3, -0.25) is 13.8 Å². The van der Waals surface area contributed by atoms with Crippen molar-refractivity contribution in [3.8, 4) is 0 Å². The molecule has 2 aromatic heterocycles. The van der Waals surface area contributed by atoms with Gasteiger partial charge in [-0.05, 0) is 32.4 Å². The lowest BCUT2D eigenvalue weighted by atomic mass is 10.1. The Kier molecular flexibility index (Phi) is 5.72. The largest absolute Gasteiger partial charge is 0.347 e. The molecule has 1 aromatic carbocycles. The van der Waals surface area contributed by atoms with Crippen LogP contribution < -0.4 is 10.9 Å². The lowest BCUT2D eigenvalue weighted by molar-refractivity contribution is 0.0928. The van der Waals surface area contributed by atoms with E-state index in [-0.39, 0.29) is 17.7 Å². The number of carbonyl (C=O) groups is 1. The van der Waals surface area contributed by atoms with Gasteiger partial charge in [-0.15, -0.1) is 0 Å². The summed E-state index contributed by atoms with van der Waals surface area (Å²) in [6.07, 6.45) is 2.44. The zero-order valence-electron chi connectivity index (χ0n) is 16.7. The van der Waals surface area contributed by atoms with Crippen LogP contribution in [0.5, 0.6) is 0 Å². The SMILES string of the molecule is CCn1cc(C(=O)NC(C)COS(C)(=O)=O)c2nc3c(C)cccc3cc2c1=O. The van der Waals surface area contributed by atoms with Crippen molar-refractivity contribution in [2.24, 2.45) is 0 Å². The van der Waals surface area contributed by atoms with Gasteiger partial charge in [-0.25, -0.2) is 4.98 Å². The molecule has 0 fully saturated rings. The van der Waals surface area contributed by atoms with Crippen LogP contribution in [-0.2, 0) is 20.8 Å². The molecule has 0 saturated carbocycles. The predicted octanol–water partition coefficient (Wildman–Crippen LogP) is 1.97. The Morgan fingerprint density at radius 2 is 2.03 bits per heavy atom. The summed E-state index contributed by atoms with van der Waals surface area (Å²) in [5.74, 6) is -0.456. The fourth-order valence-electron chi connectivity index (χ4n) is 3.12. The van der Waals surface area contributed by atoms with Crippen molar-refractivity contribution in [2.45, 2.75) is 33.4 Å². The van der Waals surface area contributed by atoms with Crippen LogP contribution >= 0.6 is 0 Å². The van der Waals surface area contributed by atoms with Gasteiger partial charge in [-0.1, -0.05) is 18.2 Å². The monoisotopic (exact) mass is 417 g/mol. The molecule has 9 heteroatoms. The summed E-state index contributed by atoms with van der Waals surface area (Å²) in [5, 5.41) is 3.89. The highest BCUT2D eigenvalue weighted by Gasteiger charge is 2.19. The maximum Gasteiger partial charge on any atom is 0.264 e. The minimum absolute atomic E-state index is 0.189. The van der Waals surface area contributed by atoms with Gasteiger partial charge in [-0.2, -0.15) is 8.42 Å². The van der Waals surface area contributed by atoms with Crippen LogP contribution in [0.15, 0.2) is 35.3 Å². The van der Waals surface area contributed by atoms with Gasteiger partial charge in [0.05, 0.1) is 40.9 Å². The zero-order chi connectivity index (χ0) is 21.3. The molecule has 0 aliphatic carbocycles. The Labute approximate surface area is 168 Å². The third kappa shape index (κ3) is 4.46. The van der Waals surface area contributed by atoms with E-state index in [9.17, 15) is 18.0 Å². The average molecular weight is 417 g/mol. The van der Waals surface area contributed by atoms with Crippen molar-refractivity contribution in [1.29, 1.82) is 0 Å². The molecular formula is C20H23N3O5S. The summed E-state index contributed by atoms with van der Waals surface area (Å²) in [6.45, 7) is 5.57. The Hall–Kier alpha value is -2.78. The van der Waals surface area contributed by atoms with Crippen LogP contribution in [0.1, 0.15) is 29.8 Å². The first-order valence-corrected chi connectivity index (χ1v) is 11.0. The van der Waals surface area contributed by atoms with Crippen LogP contribution in [-0.4, -0.2) is 42.8 Å². The topological polar surface area (TPSA) is 107 Å². The van der Waals surface area contributed by atoms with E-state index < -0.39 is 22.1 Å². The molecule has 8 nitrogen and oxygen atoms in total. The first-order chi connectivity index (χ1) is 13.6. The van der Waals surface area contributed by atoms with Crippen molar-refractivity contribution in [3.63, 3.8) is 0 Å². The van der Waals surface area contributed by atoms with Crippen molar-refractivity contribution in [2.75, 3.05) is 12.9 Å². The van der Waals surface area contributed by atoms with E-state index in [1.54, 1.807) is 13.0 Å². The number of rotatable bonds is 6. The Balaban J connectivity index is 2.10. The summed E-state index contributed by atoms with van der Waals surface area (Å²) in [4.78, 5) is 30.4. The number of fused-ring (bicyclic) bond motifs is 2. The molecule has 3 aromatic rings. The normalized spacial score (nSPS) is 13.0. The molecule has 29 heavy (non-hydrogen) atoms. The molecule has 0 aliphatic heterocycles. The molecule has 0 aliphatic rings. The molecule has 0 radical (unpaired) electrons. The maximum atomic E-state index is 12.9. The molecule has 1 amide bonds. The lowest BCUT2D eigenvalue weighted by Gasteiger charge is -2.16. The summed E-state index contributed by atoms with van der Waals surface area (Å²) in [7, 11) is -3.61. The van der Waals surface area contributed by atoms with E-state index in [0.717, 1.165) is 22.7 Å². The molecule has 2 heterocycles. The summed E-state index contributed by atoms with van der Waals surface area (Å²) >= 11 is 0. The summed E-state index contributed by atoms with van der Waals surface area (Å²) in [5.41, 5.74) is 2.00. The molecule has 1 unspecified atom stereocenters. The van der Waals surface area contributed by atoms with Crippen LogP contribution in [0.2, 0.25) is 0 Å². The highest BCUT2D eigenvalue weighted by molar-refractivity contribution is 7.85. The minimum atomic E-state index is -3.61. The van der Waals surface area contributed by atoms with E-state index in [2.05, 4.69) is 10.3 Å². The lowest BCUT2D eigenvalue weighted by Crippen LogP contribution is -2.37. The second-order valence-electron chi connectivity index (χ2n) is 7.03. The number of amides is 1. The second-order valence-corrected chi connectivity index (χ2v) is 8.67. The van der Waals surface area contributed by atoms with Crippen LogP contribution in [0.25, 0.3) is 21.8 Å². The Morgan fingerprint density at radius 3 is 2.69 bits per heavy atom. The Morgan fingerprint density at radius 1 is 1.31 bits per heavy atom.